The first-order chi connectivity index (χ1) is 7.31. The van der Waals surface area contributed by atoms with Gasteiger partial charge in [0.15, 0.2) is 0 Å². The van der Waals surface area contributed by atoms with Crippen molar-refractivity contribution < 1.29 is 4.74 Å². The summed E-state index contributed by atoms with van der Waals surface area (Å²) in [7, 11) is 1.65. The van der Waals surface area contributed by atoms with Crippen LogP contribution >= 0.6 is 11.6 Å². The van der Waals surface area contributed by atoms with E-state index in [1.54, 1.807) is 13.2 Å². The fourth-order valence-corrected chi connectivity index (χ4v) is 1.67. The molecular formula is C13H10ClO. The van der Waals surface area contributed by atoms with Gasteiger partial charge in [-0.3, -0.25) is 0 Å². The number of hydrogen-bond donors (Lipinski definition) is 0. The van der Waals surface area contributed by atoms with Crippen LogP contribution < -0.4 is 4.74 Å². The zero-order valence-electron chi connectivity index (χ0n) is 8.33. The Hall–Kier alpha value is -1.47. The maximum absolute atomic E-state index is 6.08. The minimum absolute atomic E-state index is 0.700. The lowest BCUT2D eigenvalue weighted by Crippen LogP contribution is -1.84. The Labute approximate surface area is 94.3 Å². The fourth-order valence-electron chi connectivity index (χ4n) is 1.43. The number of halogens is 1. The van der Waals surface area contributed by atoms with E-state index >= 15 is 0 Å². The van der Waals surface area contributed by atoms with E-state index in [-0.39, 0.29) is 0 Å². The Morgan fingerprint density at radius 3 is 2.87 bits per heavy atom. The van der Waals surface area contributed by atoms with Gasteiger partial charge < -0.3 is 4.74 Å². The molecule has 0 unspecified atom stereocenters. The number of benzene rings is 2. The summed E-state index contributed by atoms with van der Waals surface area (Å²) in [5.74, 6) is 0.830. The maximum atomic E-state index is 6.08. The number of methoxy groups -OCH3 is 1. The fraction of sp³-hybridized carbons (Fsp3) is 0.0769. The summed E-state index contributed by atoms with van der Waals surface area (Å²) in [4.78, 5) is 0. The van der Waals surface area contributed by atoms with Crippen molar-refractivity contribution in [3.63, 3.8) is 0 Å². The van der Waals surface area contributed by atoms with Gasteiger partial charge in [0, 0.05) is 10.6 Å². The monoisotopic (exact) mass is 217 g/mol. The van der Waals surface area contributed by atoms with Crippen LogP contribution in [-0.2, 0) is 0 Å². The van der Waals surface area contributed by atoms with E-state index < -0.39 is 0 Å². The molecule has 0 aliphatic carbocycles. The van der Waals surface area contributed by atoms with E-state index in [9.17, 15) is 0 Å². The van der Waals surface area contributed by atoms with Crippen LogP contribution in [0, 0.1) is 6.07 Å². The molecule has 1 radical (unpaired) electrons. The molecule has 0 bridgehead atoms. The van der Waals surface area contributed by atoms with Crippen LogP contribution in [0.3, 0.4) is 0 Å². The normalized spacial score (nSPS) is 10.0. The molecule has 0 heterocycles. The first kappa shape index (κ1) is 10.1. The molecule has 0 saturated heterocycles. The maximum Gasteiger partial charge on any atom is 0.119 e. The predicted octanol–water partition coefficient (Wildman–Crippen LogP) is 3.82. The van der Waals surface area contributed by atoms with Gasteiger partial charge in [-0.25, -0.2) is 0 Å². The molecule has 2 aromatic carbocycles. The molecule has 0 atom stereocenters. The summed E-state index contributed by atoms with van der Waals surface area (Å²) < 4.78 is 5.17. The minimum Gasteiger partial charge on any atom is -0.497 e. The molecule has 75 valence electrons. The lowest BCUT2D eigenvalue weighted by molar-refractivity contribution is 0.415. The third kappa shape index (κ3) is 2.13. The van der Waals surface area contributed by atoms with Gasteiger partial charge in [0.25, 0.3) is 0 Å². The standard InChI is InChI=1S/C13H10ClO/c1-15-11-6-4-5-10(9-11)12-7-2-3-8-13(12)14/h2,4-9H,1H3. The van der Waals surface area contributed by atoms with Crippen LogP contribution in [0.1, 0.15) is 0 Å². The molecule has 2 rings (SSSR count). The van der Waals surface area contributed by atoms with Crippen LogP contribution in [0.15, 0.2) is 42.5 Å². The van der Waals surface area contributed by atoms with Crippen molar-refractivity contribution in [1.82, 2.24) is 0 Å². The molecule has 0 spiro atoms. The number of ether oxygens (including phenoxy) is 1. The van der Waals surface area contributed by atoms with Crippen molar-refractivity contribution in [1.29, 1.82) is 0 Å². The minimum atomic E-state index is 0.700. The summed E-state index contributed by atoms with van der Waals surface area (Å²) in [6.07, 6.45) is 0. The Bertz CT molecular complexity index is 466. The Morgan fingerprint density at radius 2 is 2.13 bits per heavy atom. The highest BCUT2D eigenvalue weighted by Gasteiger charge is 2.02. The number of rotatable bonds is 2. The summed E-state index contributed by atoms with van der Waals surface area (Å²) in [5, 5.41) is 0.700. The van der Waals surface area contributed by atoms with Gasteiger partial charge in [-0.2, -0.15) is 0 Å². The first-order valence-electron chi connectivity index (χ1n) is 4.61. The summed E-state index contributed by atoms with van der Waals surface area (Å²) in [6.45, 7) is 0. The average Bonchev–Trinajstić information content (AvgIpc) is 2.30. The zero-order chi connectivity index (χ0) is 10.7. The molecule has 2 heteroatoms. The zero-order valence-corrected chi connectivity index (χ0v) is 9.08. The first-order valence-corrected chi connectivity index (χ1v) is 4.99. The van der Waals surface area contributed by atoms with E-state index in [1.807, 2.05) is 36.4 Å². The van der Waals surface area contributed by atoms with Crippen LogP contribution in [0.25, 0.3) is 11.1 Å². The second-order valence-corrected chi connectivity index (χ2v) is 3.55. The third-order valence-electron chi connectivity index (χ3n) is 2.19. The Morgan fingerprint density at radius 1 is 1.27 bits per heavy atom. The highest BCUT2D eigenvalue weighted by molar-refractivity contribution is 6.33. The summed E-state index contributed by atoms with van der Waals surface area (Å²) in [5.41, 5.74) is 2.04. The molecule has 0 saturated carbocycles. The Kier molecular flexibility index (Phi) is 2.93. The van der Waals surface area contributed by atoms with Gasteiger partial charge in [0.05, 0.1) is 7.11 Å². The van der Waals surface area contributed by atoms with Crippen LogP contribution in [0.2, 0.25) is 5.02 Å². The molecule has 15 heavy (non-hydrogen) atoms. The molecule has 1 nitrogen and oxygen atoms in total. The second kappa shape index (κ2) is 4.37. The van der Waals surface area contributed by atoms with E-state index in [4.69, 9.17) is 16.3 Å². The van der Waals surface area contributed by atoms with E-state index in [1.165, 1.54) is 0 Å². The van der Waals surface area contributed by atoms with Crippen molar-refractivity contribution in [3.05, 3.63) is 53.6 Å². The topological polar surface area (TPSA) is 9.23 Å². The summed E-state index contributed by atoms with van der Waals surface area (Å²) in [6, 6.07) is 16.3. The molecule has 0 amide bonds. The van der Waals surface area contributed by atoms with Crippen molar-refractivity contribution in [2.45, 2.75) is 0 Å². The van der Waals surface area contributed by atoms with Gasteiger partial charge in [0.2, 0.25) is 0 Å². The third-order valence-corrected chi connectivity index (χ3v) is 2.51. The quantitative estimate of drug-likeness (QED) is 0.743. The van der Waals surface area contributed by atoms with E-state index in [2.05, 4.69) is 6.07 Å². The van der Waals surface area contributed by atoms with Gasteiger partial charge in [-0.05, 0) is 29.8 Å². The van der Waals surface area contributed by atoms with Crippen LogP contribution in [-0.4, -0.2) is 7.11 Å². The average molecular weight is 218 g/mol. The highest BCUT2D eigenvalue weighted by Crippen LogP contribution is 2.29. The van der Waals surface area contributed by atoms with Crippen LogP contribution in [0.5, 0.6) is 5.75 Å². The van der Waals surface area contributed by atoms with Crippen molar-refractivity contribution >= 4 is 11.6 Å². The SMILES string of the molecule is COc1cccc(-c2cc[c]cc2Cl)c1. The lowest BCUT2D eigenvalue weighted by Gasteiger charge is -2.05. The van der Waals surface area contributed by atoms with Gasteiger partial charge in [0.1, 0.15) is 5.75 Å². The molecule has 0 fully saturated rings. The molecular weight excluding hydrogens is 208 g/mol. The van der Waals surface area contributed by atoms with Gasteiger partial charge in [-0.15, -0.1) is 0 Å². The van der Waals surface area contributed by atoms with Crippen molar-refractivity contribution in [2.24, 2.45) is 0 Å². The van der Waals surface area contributed by atoms with Crippen molar-refractivity contribution in [3.8, 4) is 16.9 Å². The van der Waals surface area contributed by atoms with E-state index in [0.29, 0.717) is 5.02 Å². The predicted molar refractivity (Wildman–Crippen MR) is 62.3 cm³/mol. The second-order valence-electron chi connectivity index (χ2n) is 3.14. The molecule has 0 aliphatic heterocycles. The number of hydrogen-bond acceptors (Lipinski definition) is 1. The molecule has 0 N–H and O–H groups in total. The van der Waals surface area contributed by atoms with Crippen LogP contribution in [0.4, 0.5) is 0 Å². The molecule has 0 aromatic heterocycles. The largest absolute Gasteiger partial charge is 0.497 e. The van der Waals surface area contributed by atoms with Gasteiger partial charge >= 0.3 is 0 Å². The van der Waals surface area contributed by atoms with E-state index in [0.717, 1.165) is 16.9 Å². The van der Waals surface area contributed by atoms with Crippen molar-refractivity contribution in [2.75, 3.05) is 7.11 Å². The smallest absolute Gasteiger partial charge is 0.119 e. The Balaban J connectivity index is 2.49. The van der Waals surface area contributed by atoms with Gasteiger partial charge in [-0.1, -0.05) is 35.9 Å². The molecule has 0 aliphatic rings. The molecule has 2 aromatic rings. The lowest BCUT2D eigenvalue weighted by atomic mass is 10.1. The highest BCUT2D eigenvalue weighted by atomic mass is 35.5. The summed E-state index contributed by atoms with van der Waals surface area (Å²) >= 11 is 6.08.